The quantitative estimate of drug-likeness (QED) is 0.540. The van der Waals surface area contributed by atoms with Gasteiger partial charge in [-0.2, -0.15) is 0 Å². The fourth-order valence-corrected chi connectivity index (χ4v) is 4.43. The molecule has 1 aromatic carbocycles. The lowest BCUT2D eigenvalue weighted by Crippen LogP contribution is -2.59. The molecule has 2 heterocycles. The van der Waals surface area contributed by atoms with Crippen LogP contribution in [0.15, 0.2) is 23.8 Å². The predicted molar refractivity (Wildman–Crippen MR) is 110 cm³/mol. The molecule has 2 aliphatic heterocycles. The Bertz CT molecular complexity index is 847. The van der Waals surface area contributed by atoms with Crippen LogP contribution in [0.2, 0.25) is 0 Å². The van der Waals surface area contributed by atoms with Crippen molar-refractivity contribution in [2.75, 3.05) is 60.5 Å². The van der Waals surface area contributed by atoms with E-state index in [-0.39, 0.29) is 5.57 Å². The first-order chi connectivity index (χ1) is 14.3. The normalized spacial score (nSPS) is 23.0. The van der Waals surface area contributed by atoms with E-state index < -0.39 is 17.5 Å². The molecule has 9 nitrogen and oxygen atoms in total. The van der Waals surface area contributed by atoms with Gasteiger partial charge in [0.2, 0.25) is 0 Å². The summed E-state index contributed by atoms with van der Waals surface area (Å²) in [7, 11) is 5.15. The van der Waals surface area contributed by atoms with Crippen molar-refractivity contribution in [1.82, 2.24) is 15.1 Å². The molecule has 0 bridgehead atoms. The van der Waals surface area contributed by atoms with Crippen LogP contribution >= 0.6 is 0 Å². The molecule has 0 radical (unpaired) electrons. The molecular formula is C21H29N3O6. The summed E-state index contributed by atoms with van der Waals surface area (Å²) in [5.74, 6) is -1.44. The highest BCUT2D eigenvalue weighted by Gasteiger charge is 2.46. The smallest absolute Gasteiger partial charge is 0.334 e. The van der Waals surface area contributed by atoms with Crippen molar-refractivity contribution >= 4 is 11.9 Å². The number of nitrogens with zero attached hydrogens (tertiary/aromatic N) is 2. The Morgan fingerprint density at radius 3 is 2.43 bits per heavy atom. The summed E-state index contributed by atoms with van der Waals surface area (Å²) in [6, 6.07) is 3.56. The SMILES string of the molecule is COc1ccc2c(c1OC)CCNC2(CN1CCN(C)CC1)/C(=C\C(=O)O)C(=O)O. The first kappa shape index (κ1) is 22.1. The van der Waals surface area contributed by atoms with Gasteiger partial charge >= 0.3 is 11.9 Å². The third-order valence-corrected chi connectivity index (χ3v) is 5.92. The van der Waals surface area contributed by atoms with Gasteiger partial charge in [0.25, 0.3) is 0 Å². The first-order valence-corrected chi connectivity index (χ1v) is 9.91. The zero-order chi connectivity index (χ0) is 21.9. The fourth-order valence-electron chi connectivity index (χ4n) is 4.43. The summed E-state index contributed by atoms with van der Waals surface area (Å²) in [5, 5.41) is 22.8. The molecule has 0 aromatic heterocycles. The molecule has 0 saturated carbocycles. The van der Waals surface area contributed by atoms with Crippen LogP contribution in [0, 0.1) is 0 Å². The van der Waals surface area contributed by atoms with Gasteiger partial charge in [0.15, 0.2) is 11.5 Å². The van der Waals surface area contributed by atoms with Gasteiger partial charge in [-0.15, -0.1) is 0 Å². The molecule has 1 atom stereocenters. The van der Waals surface area contributed by atoms with Crippen LogP contribution < -0.4 is 14.8 Å². The minimum atomic E-state index is -1.29. The number of rotatable bonds is 7. The number of nitrogens with one attached hydrogen (secondary N) is 1. The minimum Gasteiger partial charge on any atom is -0.493 e. The molecule has 1 fully saturated rings. The number of piperazine rings is 1. The van der Waals surface area contributed by atoms with E-state index in [1.54, 1.807) is 20.3 Å². The molecule has 1 aromatic rings. The number of carboxylic acids is 2. The highest BCUT2D eigenvalue weighted by molar-refractivity contribution is 5.97. The number of fused-ring (bicyclic) bond motifs is 1. The van der Waals surface area contributed by atoms with Crippen LogP contribution in [0.1, 0.15) is 11.1 Å². The number of hydrogen-bond acceptors (Lipinski definition) is 7. The van der Waals surface area contributed by atoms with Crippen LogP contribution in [0.25, 0.3) is 0 Å². The number of methoxy groups -OCH3 is 2. The summed E-state index contributed by atoms with van der Waals surface area (Å²) in [4.78, 5) is 28.2. The lowest BCUT2D eigenvalue weighted by molar-refractivity contribution is -0.136. The fraction of sp³-hybridized carbons (Fsp3) is 0.524. The Hall–Kier alpha value is -2.62. The average molecular weight is 419 g/mol. The molecule has 0 aliphatic carbocycles. The van der Waals surface area contributed by atoms with Crippen molar-refractivity contribution in [2.24, 2.45) is 0 Å². The maximum atomic E-state index is 12.3. The number of carbonyl (C=O) groups is 2. The third-order valence-electron chi connectivity index (χ3n) is 5.92. The molecule has 2 aliphatic rings. The summed E-state index contributed by atoms with van der Waals surface area (Å²) in [6.45, 7) is 4.08. The van der Waals surface area contributed by atoms with E-state index in [1.807, 2.05) is 13.1 Å². The summed E-state index contributed by atoms with van der Waals surface area (Å²) >= 11 is 0. The molecular weight excluding hydrogens is 390 g/mol. The van der Waals surface area contributed by atoms with E-state index in [2.05, 4.69) is 15.1 Å². The molecule has 1 saturated heterocycles. The van der Waals surface area contributed by atoms with E-state index in [0.29, 0.717) is 36.6 Å². The summed E-state index contributed by atoms with van der Waals surface area (Å²) < 4.78 is 11.0. The third kappa shape index (κ3) is 4.14. The Labute approximate surface area is 175 Å². The van der Waals surface area contributed by atoms with Gasteiger partial charge in [-0.25, -0.2) is 9.59 Å². The van der Waals surface area contributed by atoms with Gasteiger partial charge in [-0.3, -0.25) is 4.90 Å². The monoisotopic (exact) mass is 419 g/mol. The van der Waals surface area contributed by atoms with Crippen LogP contribution in [-0.2, 0) is 21.5 Å². The van der Waals surface area contributed by atoms with E-state index in [4.69, 9.17) is 9.47 Å². The second-order valence-electron chi connectivity index (χ2n) is 7.69. The Balaban J connectivity index is 2.18. The van der Waals surface area contributed by atoms with Gasteiger partial charge in [0.1, 0.15) is 0 Å². The summed E-state index contributed by atoms with van der Waals surface area (Å²) in [6.07, 6.45) is 1.41. The molecule has 30 heavy (non-hydrogen) atoms. The van der Waals surface area contributed by atoms with Crippen molar-refractivity contribution in [3.05, 3.63) is 34.9 Å². The number of aliphatic carboxylic acids is 2. The lowest BCUT2D eigenvalue weighted by atomic mass is 9.75. The minimum absolute atomic E-state index is 0.193. The highest BCUT2D eigenvalue weighted by atomic mass is 16.5. The molecule has 3 rings (SSSR count). The summed E-state index contributed by atoms with van der Waals surface area (Å²) in [5.41, 5.74) is 0.164. The largest absolute Gasteiger partial charge is 0.493 e. The molecule has 164 valence electrons. The van der Waals surface area contributed by atoms with Gasteiger partial charge in [0, 0.05) is 50.9 Å². The number of likely N-dealkylation sites (N-methyl/N-ethyl adjacent to an activating group) is 1. The molecule has 1 unspecified atom stereocenters. The van der Waals surface area contributed by atoms with Crippen molar-refractivity contribution in [2.45, 2.75) is 12.0 Å². The molecule has 0 amide bonds. The van der Waals surface area contributed by atoms with Crippen molar-refractivity contribution in [3.8, 4) is 11.5 Å². The van der Waals surface area contributed by atoms with Crippen molar-refractivity contribution < 1.29 is 29.3 Å². The molecule has 0 spiro atoms. The predicted octanol–water partition coefficient (Wildman–Crippen LogP) is 0.388. The standard InChI is InChI=1S/C21H29N3O6/c1-23-8-10-24(11-9-23)13-21(16(20(27)28)12-18(25)26)15-4-5-17(29-2)19(30-3)14(15)6-7-22-21/h4-5,12,22H,6-11,13H2,1-3H3,(H,25,26)(H,27,28)/b16-12-. The van der Waals surface area contributed by atoms with E-state index >= 15 is 0 Å². The van der Waals surface area contributed by atoms with E-state index in [1.165, 1.54) is 0 Å². The topological polar surface area (TPSA) is 112 Å². The first-order valence-electron chi connectivity index (χ1n) is 9.91. The Morgan fingerprint density at radius 1 is 1.17 bits per heavy atom. The number of benzene rings is 1. The molecule has 3 N–H and O–H groups in total. The zero-order valence-corrected chi connectivity index (χ0v) is 17.6. The Kier molecular flexibility index (Phi) is 6.64. The van der Waals surface area contributed by atoms with Crippen LogP contribution in [0.3, 0.4) is 0 Å². The van der Waals surface area contributed by atoms with Crippen molar-refractivity contribution in [1.29, 1.82) is 0 Å². The molecule has 9 heteroatoms. The Morgan fingerprint density at radius 2 is 1.87 bits per heavy atom. The highest BCUT2D eigenvalue weighted by Crippen LogP contribution is 2.43. The van der Waals surface area contributed by atoms with E-state index in [0.717, 1.165) is 37.8 Å². The number of carboxylic acid groups (broad SMARTS) is 2. The van der Waals surface area contributed by atoms with E-state index in [9.17, 15) is 19.8 Å². The number of hydrogen-bond donors (Lipinski definition) is 3. The second kappa shape index (κ2) is 9.03. The van der Waals surface area contributed by atoms with Crippen molar-refractivity contribution in [3.63, 3.8) is 0 Å². The van der Waals surface area contributed by atoms with Gasteiger partial charge in [-0.1, -0.05) is 6.07 Å². The average Bonchev–Trinajstić information content (AvgIpc) is 2.72. The zero-order valence-electron chi connectivity index (χ0n) is 17.6. The maximum absolute atomic E-state index is 12.3. The van der Waals surface area contributed by atoms with Gasteiger partial charge in [0.05, 0.1) is 25.3 Å². The lowest BCUT2D eigenvalue weighted by Gasteiger charge is -2.45. The maximum Gasteiger partial charge on any atom is 0.334 e. The van der Waals surface area contributed by atoms with Crippen LogP contribution in [0.5, 0.6) is 11.5 Å². The van der Waals surface area contributed by atoms with Crippen LogP contribution in [0.4, 0.5) is 0 Å². The van der Waals surface area contributed by atoms with Gasteiger partial charge < -0.3 is 29.9 Å². The number of ether oxygens (including phenoxy) is 2. The van der Waals surface area contributed by atoms with Gasteiger partial charge in [-0.05, 0) is 25.1 Å². The second-order valence-corrected chi connectivity index (χ2v) is 7.69. The van der Waals surface area contributed by atoms with Crippen LogP contribution in [-0.4, -0.2) is 92.5 Å².